The number of halogens is 1. The van der Waals surface area contributed by atoms with Crippen molar-refractivity contribution in [2.24, 2.45) is 0 Å². The van der Waals surface area contributed by atoms with Crippen LogP contribution in [0, 0.1) is 0 Å². The molecule has 0 aliphatic rings. The Hall–Kier alpha value is -1.51. The molecule has 94 valence electrons. The van der Waals surface area contributed by atoms with E-state index in [4.69, 9.17) is 16.3 Å². The van der Waals surface area contributed by atoms with Gasteiger partial charge in [-0.05, 0) is 17.7 Å². The summed E-state index contributed by atoms with van der Waals surface area (Å²) in [4.78, 5) is 0. The van der Waals surface area contributed by atoms with Crippen LogP contribution in [0.15, 0.2) is 54.6 Å². The molecule has 18 heavy (non-hydrogen) atoms. The van der Waals surface area contributed by atoms with E-state index in [0.29, 0.717) is 13.2 Å². The number of hydrogen-bond donors (Lipinski definition) is 1. The van der Waals surface area contributed by atoms with Gasteiger partial charge in [-0.3, -0.25) is 0 Å². The summed E-state index contributed by atoms with van der Waals surface area (Å²) in [6.07, 6.45) is 0. The molecule has 0 heterocycles. The highest BCUT2D eigenvalue weighted by Gasteiger charge is 1.97. The van der Waals surface area contributed by atoms with Crippen LogP contribution in [0.1, 0.15) is 5.56 Å². The SMILES string of the molecule is Clc1ccccc1NCCOCc1ccccc1. The van der Waals surface area contributed by atoms with E-state index in [0.717, 1.165) is 17.3 Å². The molecule has 0 aliphatic carbocycles. The molecule has 0 radical (unpaired) electrons. The van der Waals surface area contributed by atoms with Crippen molar-refractivity contribution in [3.63, 3.8) is 0 Å². The van der Waals surface area contributed by atoms with E-state index in [9.17, 15) is 0 Å². The van der Waals surface area contributed by atoms with Gasteiger partial charge >= 0.3 is 0 Å². The number of rotatable bonds is 6. The third kappa shape index (κ3) is 4.06. The lowest BCUT2D eigenvalue weighted by Crippen LogP contribution is -2.09. The summed E-state index contributed by atoms with van der Waals surface area (Å²) in [5, 5.41) is 3.98. The van der Waals surface area contributed by atoms with Crippen LogP contribution >= 0.6 is 11.6 Å². The molecule has 0 saturated carbocycles. The summed E-state index contributed by atoms with van der Waals surface area (Å²) in [6.45, 7) is 2.04. The molecule has 2 aromatic rings. The Morgan fingerprint density at radius 1 is 0.944 bits per heavy atom. The molecule has 2 rings (SSSR count). The van der Waals surface area contributed by atoms with Gasteiger partial charge in [-0.1, -0.05) is 54.1 Å². The van der Waals surface area contributed by atoms with Crippen LogP contribution in [-0.4, -0.2) is 13.2 Å². The molecule has 0 bridgehead atoms. The first kappa shape index (κ1) is 12.9. The van der Waals surface area contributed by atoms with E-state index in [1.165, 1.54) is 5.56 Å². The molecule has 0 atom stereocenters. The van der Waals surface area contributed by atoms with E-state index in [1.807, 2.05) is 42.5 Å². The second-order valence-electron chi connectivity index (χ2n) is 3.94. The second-order valence-corrected chi connectivity index (χ2v) is 4.35. The number of hydrogen-bond acceptors (Lipinski definition) is 2. The van der Waals surface area contributed by atoms with Crippen molar-refractivity contribution < 1.29 is 4.74 Å². The summed E-state index contributed by atoms with van der Waals surface area (Å²) in [5.41, 5.74) is 2.14. The first-order valence-corrected chi connectivity index (χ1v) is 6.34. The quantitative estimate of drug-likeness (QED) is 0.795. The molecular weight excluding hydrogens is 246 g/mol. The van der Waals surface area contributed by atoms with E-state index in [-0.39, 0.29) is 0 Å². The van der Waals surface area contributed by atoms with Crippen molar-refractivity contribution in [1.29, 1.82) is 0 Å². The molecule has 0 saturated heterocycles. The standard InChI is InChI=1S/C15H16ClNO/c16-14-8-4-5-9-15(14)17-10-11-18-12-13-6-2-1-3-7-13/h1-9,17H,10-12H2. The smallest absolute Gasteiger partial charge is 0.0717 e. The van der Waals surface area contributed by atoms with Gasteiger partial charge in [0, 0.05) is 6.54 Å². The zero-order valence-corrected chi connectivity index (χ0v) is 10.9. The van der Waals surface area contributed by atoms with Gasteiger partial charge in [0.25, 0.3) is 0 Å². The zero-order valence-electron chi connectivity index (χ0n) is 10.1. The number of para-hydroxylation sites is 1. The van der Waals surface area contributed by atoms with Crippen LogP contribution < -0.4 is 5.32 Å². The monoisotopic (exact) mass is 261 g/mol. The fraction of sp³-hybridized carbons (Fsp3) is 0.200. The second kappa shape index (κ2) is 7.04. The molecule has 0 fully saturated rings. The van der Waals surface area contributed by atoms with Gasteiger partial charge in [-0.2, -0.15) is 0 Å². The number of nitrogens with one attached hydrogen (secondary N) is 1. The van der Waals surface area contributed by atoms with Gasteiger partial charge in [0.2, 0.25) is 0 Å². The van der Waals surface area contributed by atoms with Gasteiger partial charge in [-0.15, -0.1) is 0 Å². The van der Waals surface area contributed by atoms with Crippen LogP contribution in [0.4, 0.5) is 5.69 Å². The number of benzene rings is 2. The van der Waals surface area contributed by atoms with Crippen LogP contribution in [0.2, 0.25) is 5.02 Å². The number of ether oxygens (including phenoxy) is 1. The minimum atomic E-state index is 0.644. The van der Waals surface area contributed by atoms with Crippen molar-refractivity contribution in [2.45, 2.75) is 6.61 Å². The van der Waals surface area contributed by atoms with Crippen LogP contribution in [0.5, 0.6) is 0 Å². The molecular formula is C15H16ClNO. The number of anilines is 1. The molecule has 1 N–H and O–H groups in total. The van der Waals surface area contributed by atoms with E-state index in [2.05, 4.69) is 17.4 Å². The summed E-state index contributed by atoms with van der Waals surface area (Å²) in [5.74, 6) is 0. The topological polar surface area (TPSA) is 21.3 Å². The Morgan fingerprint density at radius 2 is 1.67 bits per heavy atom. The Labute approximate surface area is 113 Å². The van der Waals surface area contributed by atoms with E-state index >= 15 is 0 Å². The summed E-state index contributed by atoms with van der Waals surface area (Å²) in [7, 11) is 0. The van der Waals surface area contributed by atoms with Gasteiger partial charge in [0.05, 0.1) is 23.9 Å². The van der Waals surface area contributed by atoms with E-state index in [1.54, 1.807) is 0 Å². The highest BCUT2D eigenvalue weighted by Crippen LogP contribution is 2.19. The normalized spacial score (nSPS) is 10.3. The molecule has 3 heteroatoms. The molecule has 0 amide bonds. The largest absolute Gasteiger partial charge is 0.382 e. The van der Waals surface area contributed by atoms with Crippen LogP contribution in [0.25, 0.3) is 0 Å². The summed E-state index contributed by atoms with van der Waals surface area (Å²) >= 11 is 6.03. The lowest BCUT2D eigenvalue weighted by Gasteiger charge is -2.08. The predicted octanol–water partition coefficient (Wildman–Crippen LogP) is 3.97. The minimum Gasteiger partial charge on any atom is -0.382 e. The van der Waals surface area contributed by atoms with Crippen LogP contribution in [0.3, 0.4) is 0 Å². The third-order valence-electron chi connectivity index (χ3n) is 2.55. The minimum absolute atomic E-state index is 0.644. The molecule has 0 aromatic heterocycles. The fourth-order valence-electron chi connectivity index (χ4n) is 1.63. The van der Waals surface area contributed by atoms with Crippen LogP contribution in [-0.2, 0) is 11.3 Å². The third-order valence-corrected chi connectivity index (χ3v) is 2.88. The zero-order chi connectivity index (χ0) is 12.6. The average molecular weight is 262 g/mol. The van der Waals surface area contributed by atoms with Crippen molar-refractivity contribution >= 4 is 17.3 Å². The molecule has 2 nitrogen and oxygen atoms in total. The summed E-state index contributed by atoms with van der Waals surface area (Å²) in [6, 6.07) is 17.8. The predicted molar refractivity (Wildman–Crippen MR) is 76.0 cm³/mol. The Morgan fingerprint density at radius 3 is 2.44 bits per heavy atom. The van der Waals surface area contributed by atoms with Crippen molar-refractivity contribution in [1.82, 2.24) is 0 Å². The lowest BCUT2D eigenvalue weighted by molar-refractivity contribution is 0.130. The van der Waals surface area contributed by atoms with Gasteiger partial charge in [0.15, 0.2) is 0 Å². The molecule has 0 unspecified atom stereocenters. The first-order chi connectivity index (χ1) is 8.86. The Balaban J connectivity index is 1.66. The Bertz CT molecular complexity index is 473. The molecule has 2 aromatic carbocycles. The first-order valence-electron chi connectivity index (χ1n) is 5.96. The molecule has 0 spiro atoms. The highest BCUT2D eigenvalue weighted by atomic mass is 35.5. The maximum absolute atomic E-state index is 6.03. The molecule has 0 aliphatic heterocycles. The van der Waals surface area contributed by atoms with Crippen molar-refractivity contribution in [3.05, 3.63) is 65.2 Å². The maximum atomic E-state index is 6.03. The Kier molecular flexibility index (Phi) is 5.06. The van der Waals surface area contributed by atoms with Gasteiger partial charge < -0.3 is 10.1 Å². The summed E-state index contributed by atoms with van der Waals surface area (Å²) < 4.78 is 5.58. The highest BCUT2D eigenvalue weighted by molar-refractivity contribution is 6.33. The van der Waals surface area contributed by atoms with Gasteiger partial charge in [-0.25, -0.2) is 0 Å². The van der Waals surface area contributed by atoms with E-state index < -0.39 is 0 Å². The van der Waals surface area contributed by atoms with Gasteiger partial charge in [0.1, 0.15) is 0 Å². The fourth-order valence-corrected chi connectivity index (χ4v) is 1.83. The maximum Gasteiger partial charge on any atom is 0.0717 e. The average Bonchev–Trinajstić information content (AvgIpc) is 2.42. The lowest BCUT2D eigenvalue weighted by atomic mass is 10.2. The van der Waals surface area contributed by atoms with Crippen molar-refractivity contribution in [2.75, 3.05) is 18.5 Å². The van der Waals surface area contributed by atoms with Crippen molar-refractivity contribution in [3.8, 4) is 0 Å².